The molecule has 1 aliphatic carbocycles. The van der Waals surface area contributed by atoms with Gasteiger partial charge in [0, 0.05) is 12.1 Å². The van der Waals surface area contributed by atoms with Crippen LogP contribution in [0.25, 0.3) is 0 Å². The molecule has 0 aromatic heterocycles. The number of rotatable bonds is 2. The second-order valence-corrected chi connectivity index (χ2v) is 6.38. The molecule has 1 saturated heterocycles. The van der Waals surface area contributed by atoms with E-state index in [0.29, 0.717) is 12.1 Å². The van der Waals surface area contributed by atoms with Gasteiger partial charge in [-0.05, 0) is 26.7 Å². The average Bonchev–Trinajstić information content (AvgIpc) is 2.48. The van der Waals surface area contributed by atoms with Crippen LogP contribution in [0, 0.1) is 0 Å². The van der Waals surface area contributed by atoms with Crippen LogP contribution in [0.15, 0.2) is 0 Å². The molecule has 0 aromatic carbocycles. The molecule has 0 spiro atoms. The molecule has 1 saturated carbocycles. The van der Waals surface area contributed by atoms with Gasteiger partial charge in [-0.1, -0.05) is 6.42 Å². The van der Waals surface area contributed by atoms with E-state index >= 15 is 0 Å². The summed E-state index contributed by atoms with van der Waals surface area (Å²) in [5, 5.41) is -0.247. The Morgan fingerprint density at radius 1 is 1.25 bits per heavy atom. The Kier molecular flexibility index (Phi) is 1.74. The average molecular weight is 189 g/mol. The summed E-state index contributed by atoms with van der Waals surface area (Å²) in [5.41, 5.74) is 0. The summed E-state index contributed by atoms with van der Waals surface area (Å²) in [6.07, 6.45) is 3.37. The normalized spacial score (nSPS) is 40.1. The highest BCUT2D eigenvalue weighted by Gasteiger charge is 2.57. The quantitative estimate of drug-likeness (QED) is 0.607. The van der Waals surface area contributed by atoms with Gasteiger partial charge in [0.25, 0.3) is 0 Å². The minimum atomic E-state index is -2.93. The highest BCUT2D eigenvalue weighted by molar-refractivity contribution is 7.90. The lowest BCUT2D eigenvalue weighted by Gasteiger charge is -2.11. The van der Waals surface area contributed by atoms with Crippen molar-refractivity contribution < 1.29 is 8.42 Å². The van der Waals surface area contributed by atoms with E-state index < -0.39 is 10.0 Å². The van der Waals surface area contributed by atoms with Crippen molar-refractivity contribution in [2.24, 2.45) is 0 Å². The van der Waals surface area contributed by atoms with Crippen LogP contribution < -0.4 is 0 Å². The molecule has 2 rings (SSSR count). The topological polar surface area (TPSA) is 37.1 Å². The third kappa shape index (κ3) is 1.01. The summed E-state index contributed by atoms with van der Waals surface area (Å²) in [4.78, 5) is 0. The van der Waals surface area contributed by atoms with Gasteiger partial charge in [-0.15, -0.1) is 0 Å². The molecule has 4 heteroatoms. The highest BCUT2D eigenvalue weighted by Crippen LogP contribution is 2.45. The molecular formula is C8H15NO2S. The molecule has 0 unspecified atom stereocenters. The summed E-state index contributed by atoms with van der Waals surface area (Å²) >= 11 is 0. The van der Waals surface area contributed by atoms with Crippen molar-refractivity contribution in [3.8, 4) is 0 Å². The molecule has 2 fully saturated rings. The lowest BCUT2D eigenvalue weighted by Crippen LogP contribution is -2.25. The van der Waals surface area contributed by atoms with Gasteiger partial charge in [0.1, 0.15) is 0 Å². The number of fused-ring (bicyclic) bond motifs is 1. The van der Waals surface area contributed by atoms with Crippen LogP contribution >= 0.6 is 0 Å². The van der Waals surface area contributed by atoms with E-state index in [1.807, 2.05) is 0 Å². The zero-order valence-corrected chi connectivity index (χ0v) is 8.34. The SMILES string of the molecule is CC(C)S(=O)(=O)N1[C@@H]2CCC[C@H]21. The first kappa shape index (κ1) is 8.51. The molecular weight excluding hydrogens is 174 g/mol. The van der Waals surface area contributed by atoms with Gasteiger partial charge in [0.2, 0.25) is 10.0 Å². The fraction of sp³-hybridized carbons (Fsp3) is 1.00. The maximum absolute atomic E-state index is 11.6. The van der Waals surface area contributed by atoms with Crippen LogP contribution in [-0.2, 0) is 10.0 Å². The zero-order chi connectivity index (χ0) is 8.93. The van der Waals surface area contributed by atoms with Gasteiger partial charge in [-0.2, -0.15) is 4.31 Å². The van der Waals surface area contributed by atoms with E-state index in [1.165, 1.54) is 6.42 Å². The van der Waals surface area contributed by atoms with Gasteiger partial charge in [-0.25, -0.2) is 8.42 Å². The van der Waals surface area contributed by atoms with E-state index in [9.17, 15) is 8.42 Å². The number of sulfonamides is 1. The largest absolute Gasteiger partial charge is 0.217 e. The van der Waals surface area contributed by atoms with Gasteiger partial charge in [0.05, 0.1) is 5.25 Å². The molecule has 0 N–H and O–H groups in total. The Balaban J connectivity index is 2.14. The van der Waals surface area contributed by atoms with Crippen molar-refractivity contribution in [3.63, 3.8) is 0 Å². The van der Waals surface area contributed by atoms with Gasteiger partial charge in [-0.3, -0.25) is 0 Å². The first-order valence-corrected chi connectivity index (χ1v) is 6.08. The van der Waals surface area contributed by atoms with Crippen LogP contribution in [0.4, 0.5) is 0 Å². The molecule has 70 valence electrons. The molecule has 0 radical (unpaired) electrons. The van der Waals surface area contributed by atoms with E-state index in [0.717, 1.165) is 12.8 Å². The van der Waals surface area contributed by atoms with E-state index in [4.69, 9.17) is 0 Å². The standard InChI is InChI=1S/C8H15NO2S/c1-6(2)12(10,11)9-7-4-3-5-8(7)9/h6-8H,3-5H2,1-2H3/t7-,8-/m1/s1. The number of hydrogen-bond donors (Lipinski definition) is 0. The molecule has 0 bridgehead atoms. The first-order valence-electron chi connectivity index (χ1n) is 4.57. The number of hydrogen-bond acceptors (Lipinski definition) is 2. The van der Waals surface area contributed by atoms with E-state index in [-0.39, 0.29) is 5.25 Å². The maximum Gasteiger partial charge on any atom is 0.217 e. The fourth-order valence-electron chi connectivity index (χ4n) is 2.11. The highest BCUT2D eigenvalue weighted by atomic mass is 32.2. The molecule has 3 nitrogen and oxygen atoms in total. The predicted octanol–water partition coefficient (Wildman–Crippen LogP) is 0.961. The Hall–Kier alpha value is -0.0900. The molecule has 1 heterocycles. The van der Waals surface area contributed by atoms with Crippen molar-refractivity contribution in [2.45, 2.75) is 50.4 Å². The number of piperidine rings is 1. The van der Waals surface area contributed by atoms with Crippen molar-refractivity contribution in [2.75, 3.05) is 0 Å². The molecule has 2 aliphatic rings. The lowest BCUT2D eigenvalue weighted by molar-refractivity contribution is 0.509. The van der Waals surface area contributed by atoms with Crippen molar-refractivity contribution in [1.82, 2.24) is 4.31 Å². The Bertz CT molecular complexity index is 273. The maximum atomic E-state index is 11.6. The summed E-state index contributed by atoms with van der Waals surface area (Å²) < 4.78 is 25.0. The Labute approximate surface area is 73.8 Å². The Morgan fingerprint density at radius 3 is 2.17 bits per heavy atom. The van der Waals surface area contributed by atoms with Crippen LogP contribution in [0.1, 0.15) is 33.1 Å². The van der Waals surface area contributed by atoms with E-state index in [1.54, 1.807) is 18.2 Å². The monoisotopic (exact) mass is 189 g/mol. The second-order valence-electron chi connectivity index (χ2n) is 3.99. The molecule has 2 atom stereocenters. The molecule has 0 aromatic rings. The summed E-state index contributed by atoms with van der Waals surface area (Å²) in [6, 6.07) is 0.745. The summed E-state index contributed by atoms with van der Waals surface area (Å²) in [7, 11) is -2.93. The van der Waals surface area contributed by atoms with Gasteiger partial charge in [0.15, 0.2) is 0 Å². The van der Waals surface area contributed by atoms with Crippen molar-refractivity contribution >= 4 is 10.0 Å². The molecule has 12 heavy (non-hydrogen) atoms. The predicted molar refractivity (Wildman–Crippen MR) is 47.3 cm³/mol. The van der Waals surface area contributed by atoms with Crippen LogP contribution in [0.5, 0.6) is 0 Å². The van der Waals surface area contributed by atoms with Crippen molar-refractivity contribution in [3.05, 3.63) is 0 Å². The minimum Gasteiger partial charge on any atom is -0.212 e. The van der Waals surface area contributed by atoms with Crippen LogP contribution in [0.3, 0.4) is 0 Å². The summed E-state index contributed by atoms with van der Waals surface area (Å²) in [5.74, 6) is 0. The molecule has 0 amide bonds. The van der Waals surface area contributed by atoms with Gasteiger partial charge >= 0.3 is 0 Å². The van der Waals surface area contributed by atoms with E-state index in [2.05, 4.69) is 0 Å². The third-order valence-corrected chi connectivity index (χ3v) is 5.22. The lowest BCUT2D eigenvalue weighted by atomic mass is 10.3. The minimum absolute atomic E-state index is 0.247. The molecule has 1 aliphatic heterocycles. The van der Waals surface area contributed by atoms with Crippen LogP contribution in [-0.4, -0.2) is 30.1 Å². The fourth-order valence-corrected chi connectivity index (χ4v) is 3.78. The summed E-state index contributed by atoms with van der Waals surface area (Å²) in [6.45, 7) is 3.51. The zero-order valence-electron chi connectivity index (χ0n) is 7.53. The third-order valence-electron chi connectivity index (χ3n) is 2.90. The van der Waals surface area contributed by atoms with Crippen LogP contribution in [0.2, 0.25) is 0 Å². The Morgan fingerprint density at radius 2 is 1.75 bits per heavy atom. The first-order chi connectivity index (χ1) is 5.55. The van der Waals surface area contributed by atoms with Crippen molar-refractivity contribution in [1.29, 1.82) is 0 Å². The van der Waals surface area contributed by atoms with Gasteiger partial charge < -0.3 is 0 Å². The number of nitrogens with zero attached hydrogens (tertiary/aromatic N) is 1. The smallest absolute Gasteiger partial charge is 0.212 e. The second kappa shape index (κ2) is 2.45.